The first-order chi connectivity index (χ1) is 12.2. The fourth-order valence-corrected chi connectivity index (χ4v) is 3.22. The van der Waals surface area contributed by atoms with E-state index in [1.165, 1.54) is 31.5 Å². The molecule has 0 aliphatic carbocycles. The van der Waals surface area contributed by atoms with Crippen LogP contribution in [-0.2, 0) is 24.3 Å². The zero-order valence-corrected chi connectivity index (χ0v) is 15.0. The molecule has 4 nitrogen and oxygen atoms in total. The number of benzene rings is 1. The van der Waals surface area contributed by atoms with Crippen LogP contribution in [0.2, 0.25) is 0 Å². The summed E-state index contributed by atoms with van der Waals surface area (Å²) in [7, 11) is 0. The summed E-state index contributed by atoms with van der Waals surface area (Å²) in [6.45, 7) is 6.36. The van der Waals surface area contributed by atoms with Crippen LogP contribution in [0.3, 0.4) is 0 Å². The van der Waals surface area contributed by atoms with Crippen LogP contribution in [0.1, 0.15) is 43.1 Å². The lowest BCUT2D eigenvalue weighted by atomic mass is 9.99. The van der Waals surface area contributed by atoms with Gasteiger partial charge in [0.15, 0.2) is 0 Å². The summed E-state index contributed by atoms with van der Waals surface area (Å²) in [5.41, 5.74) is 2.49. The molecule has 1 aliphatic rings. The van der Waals surface area contributed by atoms with Crippen LogP contribution in [0.5, 0.6) is 0 Å². The number of hydrogen-bond acceptors (Lipinski definition) is 3. The van der Waals surface area contributed by atoms with Crippen molar-refractivity contribution < 1.29 is 9.21 Å². The molecule has 2 heterocycles. The lowest BCUT2D eigenvalue weighted by Gasteiger charge is -2.30. The summed E-state index contributed by atoms with van der Waals surface area (Å²) in [5.74, 6) is 1.78. The summed E-state index contributed by atoms with van der Waals surface area (Å²) >= 11 is 0. The summed E-state index contributed by atoms with van der Waals surface area (Å²) in [5, 5.41) is 2.98. The molecule has 1 saturated heterocycles. The first-order valence-electron chi connectivity index (χ1n) is 9.28. The standard InChI is InChI=1S/C21H28N2O2/c1-17-10-12-23(13-11-17)16-19-6-4-18(5-7-19)15-22-21(24)9-8-20-3-2-14-25-20/h2-7,14,17H,8-13,15-16H2,1H3,(H,22,24). The number of likely N-dealkylation sites (tertiary alicyclic amines) is 1. The van der Waals surface area contributed by atoms with Gasteiger partial charge in [-0.25, -0.2) is 0 Å². The number of nitrogens with zero attached hydrogens (tertiary/aromatic N) is 1. The van der Waals surface area contributed by atoms with Crippen molar-refractivity contribution in [2.75, 3.05) is 13.1 Å². The average Bonchev–Trinajstić information content (AvgIpc) is 3.15. The van der Waals surface area contributed by atoms with Gasteiger partial charge < -0.3 is 9.73 Å². The van der Waals surface area contributed by atoms with Gasteiger partial charge in [0, 0.05) is 25.9 Å². The van der Waals surface area contributed by atoms with E-state index in [-0.39, 0.29) is 5.91 Å². The molecule has 4 heteroatoms. The molecule has 0 atom stereocenters. The molecule has 0 radical (unpaired) electrons. The van der Waals surface area contributed by atoms with Gasteiger partial charge in [-0.1, -0.05) is 31.2 Å². The van der Waals surface area contributed by atoms with E-state index in [1.807, 2.05) is 12.1 Å². The van der Waals surface area contributed by atoms with Gasteiger partial charge in [-0.2, -0.15) is 0 Å². The van der Waals surface area contributed by atoms with E-state index in [1.54, 1.807) is 6.26 Å². The highest BCUT2D eigenvalue weighted by molar-refractivity contribution is 5.76. The summed E-state index contributed by atoms with van der Waals surface area (Å²) < 4.78 is 5.24. The molecule has 0 unspecified atom stereocenters. The Hall–Kier alpha value is -2.07. The van der Waals surface area contributed by atoms with Gasteiger partial charge in [0.05, 0.1) is 6.26 Å². The molecule has 3 rings (SSSR count). The molecule has 0 bridgehead atoms. The predicted molar refractivity (Wildman–Crippen MR) is 99.0 cm³/mol. The summed E-state index contributed by atoms with van der Waals surface area (Å²) in [6, 6.07) is 12.3. The molecule has 25 heavy (non-hydrogen) atoms. The molecule has 2 aromatic rings. The van der Waals surface area contributed by atoms with Crippen LogP contribution in [0.25, 0.3) is 0 Å². The third kappa shape index (κ3) is 5.75. The monoisotopic (exact) mass is 340 g/mol. The van der Waals surface area contributed by atoms with Crippen LogP contribution >= 0.6 is 0 Å². The Labute approximate surface area is 150 Å². The Morgan fingerprint density at radius 1 is 1.16 bits per heavy atom. The van der Waals surface area contributed by atoms with Gasteiger partial charge in [-0.15, -0.1) is 0 Å². The first kappa shape index (κ1) is 17.7. The van der Waals surface area contributed by atoms with E-state index in [4.69, 9.17) is 4.42 Å². The molecule has 1 aromatic heterocycles. The lowest BCUT2D eigenvalue weighted by molar-refractivity contribution is -0.121. The summed E-state index contributed by atoms with van der Waals surface area (Å²) in [4.78, 5) is 14.4. The molecule has 1 amide bonds. The van der Waals surface area contributed by atoms with E-state index in [0.717, 1.165) is 23.8 Å². The number of nitrogens with one attached hydrogen (secondary N) is 1. The zero-order chi connectivity index (χ0) is 17.5. The SMILES string of the molecule is CC1CCN(Cc2ccc(CNC(=O)CCc3ccco3)cc2)CC1. The second-order valence-corrected chi connectivity index (χ2v) is 7.13. The highest BCUT2D eigenvalue weighted by Crippen LogP contribution is 2.18. The quantitative estimate of drug-likeness (QED) is 0.835. The van der Waals surface area contributed by atoms with Crippen LogP contribution in [0.15, 0.2) is 47.1 Å². The van der Waals surface area contributed by atoms with Gasteiger partial charge >= 0.3 is 0 Å². The van der Waals surface area contributed by atoms with Crippen LogP contribution < -0.4 is 5.32 Å². The number of hydrogen-bond donors (Lipinski definition) is 1. The average molecular weight is 340 g/mol. The van der Waals surface area contributed by atoms with Gasteiger partial charge in [0.25, 0.3) is 0 Å². The van der Waals surface area contributed by atoms with Crippen molar-refractivity contribution in [3.05, 3.63) is 59.5 Å². The number of aryl methyl sites for hydroxylation is 1. The first-order valence-corrected chi connectivity index (χ1v) is 9.28. The van der Waals surface area contributed by atoms with Gasteiger partial charge in [0.2, 0.25) is 5.91 Å². The predicted octanol–water partition coefficient (Wildman–Crippen LogP) is 3.76. The number of carbonyl (C=O) groups is 1. The normalized spacial score (nSPS) is 16.0. The molecular formula is C21H28N2O2. The van der Waals surface area contributed by atoms with Crippen molar-refractivity contribution in [2.24, 2.45) is 5.92 Å². The number of rotatable bonds is 7. The molecule has 1 N–H and O–H groups in total. The van der Waals surface area contributed by atoms with Crippen molar-refractivity contribution in [3.63, 3.8) is 0 Å². The minimum Gasteiger partial charge on any atom is -0.469 e. The fraction of sp³-hybridized carbons (Fsp3) is 0.476. The van der Waals surface area contributed by atoms with E-state index in [2.05, 4.69) is 41.4 Å². The second-order valence-electron chi connectivity index (χ2n) is 7.13. The minimum atomic E-state index is 0.0583. The van der Waals surface area contributed by atoms with E-state index in [0.29, 0.717) is 19.4 Å². The van der Waals surface area contributed by atoms with Crippen LogP contribution in [0, 0.1) is 5.92 Å². The summed E-state index contributed by atoms with van der Waals surface area (Å²) in [6.07, 6.45) is 5.36. The minimum absolute atomic E-state index is 0.0583. The third-order valence-electron chi connectivity index (χ3n) is 4.97. The number of amides is 1. The molecule has 1 aromatic carbocycles. The molecule has 1 fully saturated rings. The Bertz CT molecular complexity index is 641. The Morgan fingerprint density at radius 2 is 1.88 bits per heavy atom. The molecule has 1 aliphatic heterocycles. The topological polar surface area (TPSA) is 45.5 Å². The lowest BCUT2D eigenvalue weighted by Crippen LogP contribution is -2.32. The smallest absolute Gasteiger partial charge is 0.220 e. The van der Waals surface area contributed by atoms with E-state index >= 15 is 0 Å². The van der Waals surface area contributed by atoms with Gasteiger partial charge in [0.1, 0.15) is 5.76 Å². The maximum absolute atomic E-state index is 11.9. The molecule has 134 valence electrons. The maximum atomic E-state index is 11.9. The third-order valence-corrected chi connectivity index (χ3v) is 4.97. The van der Waals surface area contributed by atoms with E-state index < -0.39 is 0 Å². The highest BCUT2D eigenvalue weighted by Gasteiger charge is 2.15. The van der Waals surface area contributed by atoms with Crippen molar-refractivity contribution in [2.45, 2.75) is 45.7 Å². The Kier molecular flexibility index (Phi) is 6.29. The maximum Gasteiger partial charge on any atom is 0.220 e. The second kappa shape index (κ2) is 8.86. The Balaban J connectivity index is 1.39. The number of furan rings is 1. The van der Waals surface area contributed by atoms with Gasteiger partial charge in [-0.3, -0.25) is 9.69 Å². The van der Waals surface area contributed by atoms with Crippen molar-refractivity contribution in [3.8, 4) is 0 Å². The number of carbonyl (C=O) groups excluding carboxylic acids is 1. The number of piperidine rings is 1. The molecular weight excluding hydrogens is 312 g/mol. The van der Waals surface area contributed by atoms with Gasteiger partial charge in [-0.05, 0) is 55.1 Å². The van der Waals surface area contributed by atoms with Crippen LogP contribution in [0.4, 0.5) is 0 Å². The molecule has 0 saturated carbocycles. The van der Waals surface area contributed by atoms with Crippen LogP contribution in [-0.4, -0.2) is 23.9 Å². The Morgan fingerprint density at radius 3 is 2.56 bits per heavy atom. The fourth-order valence-electron chi connectivity index (χ4n) is 3.22. The molecule has 0 spiro atoms. The largest absolute Gasteiger partial charge is 0.469 e. The highest BCUT2D eigenvalue weighted by atomic mass is 16.3. The van der Waals surface area contributed by atoms with Crippen molar-refractivity contribution in [1.29, 1.82) is 0 Å². The van der Waals surface area contributed by atoms with Crippen molar-refractivity contribution >= 4 is 5.91 Å². The van der Waals surface area contributed by atoms with E-state index in [9.17, 15) is 4.79 Å². The van der Waals surface area contributed by atoms with Crippen molar-refractivity contribution in [1.82, 2.24) is 10.2 Å². The zero-order valence-electron chi connectivity index (χ0n) is 15.0.